The van der Waals surface area contributed by atoms with E-state index < -0.39 is 0 Å². The average Bonchev–Trinajstić information content (AvgIpc) is 2.61. The van der Waals surface area contributed by atoms with Gasteiger partial charge in [0.15, 0.2) is 5.96 Å². The molecule has 2 fully saturated rings. The van der Waals surface area contributed by atoms with E-state index in [1.807, 2.05) is 16.7 Å². The number of ether oxygens (including phenoxy) is 1. The lowest BCUT2D eigenvalue weighted by atomic mass is 9.99. The summed E-state index contributed by atoms with van der Waals surface area (Å²) >= 11 is 1.92. The zero-order valence-corrected chi connectivity index (χ0v) is 16.1. The van der Waals surface area contributed by atoms with Crippen molar-refractivity contribution in [2.75, 3.05) is 45.6 Å². The molecule has 1 amide bonds. The number of hydrogen-bond donors (Lipinski definition) is 2. The maximum Gasteiger partial charge on any atom is 0.219 e. The Bertz CT molecular complexity index is 430. The largest absolute Gasteiger partial charge is 0.381 e. The molecule has 6 nitrogen and oxygen atoms in total. The van der Waals surface area contributed by atoms with Gasteiger partial charge in [0.1, 0.15) is 0 Å². The van der Waals surface area contributed by atoms with E-state index >= 15 is 0 Å². The number of guanidine groups is 1. The minimum absolute atomic E-state index is 0.176. The van der Waals surface area contributed by atoms with Gasteiger partial charge >= 0.3 is 0 Å². The number of rotatable bonds is 5. The van der Waals surface area contributed by atoms with Gasteiger partial charge in [-0.3, -0.25) is 9.79 Å². The Morgan fingerprint density at radius 3 is 2.54 bits per heavy atom. The third kappa shape index (κ3) is 5.55. The van der Waals surface area contributed by atoms with E-state index in [2.05, 4.69) is 23.8 Å². The van der Waals surface area contributed by atoms with Crippen LogP contribution in [0, 0.1) is 0 Å². The first-order valence-electron chi connectivity index (χ1n) is 9.02. The number of nitrogens with one attached hydrogen (secondary N) is 2. The van der Waals surface area contributed by atoms with Crippen LogP contribution in [0.4, 0.5) is 0 Å². The van der Waals surface area contributed by atoms with Crippen molar-refractivity contribution in [3.05, 3.63) is 0 Å². The lowest BCUT2D eigenvalue weighted by Crippen LogP contribution is -2.50. The van der Waals surface area contributed by atoms with E-state index in [0.29, 0.717) is 6.04 Å². The van der Waals surface area contributed by atoms with Gasteiger partial charge in [-0.1, -0.05) is 0 Å². The molecule has 2 N–H and O–H groups in total. The number of piperidine rings is 1. The Morgan fingerprint density at radius 2 is 2.00 bits per heavy atom. The summed E-state index contributed by atoms with van der Waals surface area (Å²) < 4.78 is 5.71. The highest BCUT2D eigenvalue weighted by Crippen LogP contribution is 2.33. The topological polar surface area (TPSA) is 66.0 Å². The highest BCUT2D eigenvalue weighted by Gasteiger charge is 2.31. The number of hydrogen-bond acceptors (Lipinski definition) is 4. The molecule has 7 heteroatoms. The van der Waals surface area contributed by atoms with Crippen LogP contribution in [0.25, 0.3) is 0 Å². The number of carbonyl (C=O) groups excluding carboxylic acids is 1. The Hall–Kier alpha value is -0.950. The SMILES string of the molecule is CCNC(=NCC1(SC)CCOCC1)NC1CCN(C(C)=O)CC1. The molecule has 0 atom stereocenters. The number of carbonyl (C=O) groups is 1. The summed E-state index contributed by atoms with van der Waals surface area (Å²) in [4.78, 5) is 18.2. The van der Waals surface area contributed by atoms with Gasteiger partial charge in [-0.25, -0.2) is 0 Å². The highest BCUT2D eigenvalue weighted by molar-refractivity contribution is 8.00. The van der Waals surface area contributed by atoms with Crippen LogP contribution in [-0.2, 0) is 9.53 Å². The van der Waals surface area contributed by atoms with E-state index in [4.69, 9.17) is 9.73 Å². The molecule has 0 spiro atoms. The van der Waals surface area contributed by atoms with Crippen molar-refractivity contribution in [1.82, 2.24) is 15.5 Å². The van der Waals surface area contributed by atoms with Crippen LogP contribution in [0.5, 0.6) is 0 Å². The second-order valence-electron chi connectivity index (χ2n) is 6.62. The summed E-state index contributed by atoms with van der Waals surface area (Å²) in [5.74, 6) is 1.08. The normalized spacial score (nSPS) is 22.3. The Morgan fingerprint density at radius 1 is 1.33 bits per heavy atom. The van der Waals surface area contributed by atoms with Crippen LogP contribution in [0.1, 0.15) is 39.5 Å². The van der Waals surface area contributed by atoms with Crippen molar-refractivity contribution < 1.29 is 9.53 Å². The van der Waals surface area contributed by atoms with Crippen LogP contribution in [-0.4, -0.2) is 73.2 Å². The second kappa shape index (κ2) is 9.51. The van der Waals surface area contributed by atoms with Gasteiger partial charge < -0.3 is 20.3 Å². The van der Waals surface area contributed by atoms with Crippen molar-refractivity contribution >= 4 is 23.6 Å². The molecule has 2 rings (SSSR count). The zero-order chi connectivity index (χ0) is 17.4. The molecule has 2 aliphatic heterocycles. The predicted molar refractivity (Wildman–Crippen MR) is 101 cm³/mol. The fraction of sp³-hybridized carbons (Fsp3) is 0.882. The Kier molecular flexibility index (Phi) is 7.68. The minimum Gasteiger partial charge on any atom is -0.381 e. The van der Waals surface area contributed by atoms with E-state index in [0.717, 1.165) is 71.0 Å². The first kappa shape index (κ1) is 19.4. The molecule has 24 heavy (non-hydrogen) atoms. The standard InChI is InChI=1S/C17H32N4O2S/c1-4-18-16(19-13-17(24-3)7-11-23-12-8-17)20-15-5-9-21(10-6-15)14(2)22/h15H,4-13H2,1-3H3,(H2,18,19,20). The lowest BCUT2D eigenvalue weighted by Gasteiger charge is -2.35. The number of aliphatic imine (C=N–C) groups is 1. The molecule has 0 unspecified atom stereocenters. The van der Waals surface area contributed by atoms with E-state index in [-0.39, 0.29) is 10.7 Å². The van der Waals surface area contributed by atoms with Crippen molar-refractivity contribution in [3.8, 4) is 0 Å². The summed E-state index contributed by atoms with van der Waals surface area (Å²) in [6, 6.07) is 0.387. The van der Waals surface area contributed by atoms with E-state index in [1.54, 1.807) is 6.92 Å². The van der Waals surface area contributed by atoms with Gasteiger partial charge in [-0.05, 0) is 38.9 Å². The molecule has 0 saturated carbocycles. The number of likely N-dealkylation sites (tertiary alicyclic amines) is 1. The predicted octanol–water partition coefficient (Wildman–Crippen LogP) is 1.46. The van der Waals surface area contributed by atoms with E-state index in [9.17, 15) is 4.79 Å². The van der Waals surface area contributed by atoms with Gasteiger partial charge in [-0.15, -0.1) is 0 Å². The monoisotopic (exact) mass is 356 g/mol. The Balaban J connectivity index is 1.90. The van der Waals surface area contributed by atoms with Crippen molar-refractivity contribution in [2.24, 2.45) is 4.99 Å². The molecular formula is C17H32N4O2S. The first-order valence-corrected chi connectivity index (χ1v) is 10.2. The molecule has 0 aromatic carbocycles. The highest BCUT2D eigenvalue weighted by atomic mass is 32.2. The number of thioether (sulfide) groups is 1. The maximum atomic E-state index is 11.4. The quantitative estimate of drug-likeness (QED) is 0.577. The third-order valence-electron chi connectivity index (χ3n) is 4.99. The van der Waals surface area contributed by atoms with Crippen LogP contribution in [0.2, 0.25) is 0 Å². The van der Waals surface area contributed by atoms with Crippen molar-refractivity contribution in [1.29, 1.82) is 0 Å². The number of amides is 1. The van der Waals surface area contributed by atoms with Gasteiger partial charge in [0.2, 0.25) is 5.91 Å². The minimum atomic E-state index is 0.176. The first-order chi connectivity index (χ1) is 11.6. The summed E-state index contributed by atoms with van der Waals surface area (Å²) in [6.07, 6.45) is 6.26. The zero-order valence-electron chi connectivity index (χ0n) is 15.3. The van der Waals surface area contributed by atoms with Gasteiger partial charge in [0.05, 0.1) is 6.54 Å². The maximum absolute atomic E-state index is 11.4. The number of nitrogens with zero attached hydrogens (tertiary/aromatic N) is 2. The summed E-state index contributed by atoms with van der Waals surface area (Å²) in [5, 5.41) is 6.92. The van der Waals surface area contributed by atoms with Crippen LogP contribution < -0.4 is 10.6 Å². The average molecular weight is 357 g/mol. The molecule has 2 saturated heterocycles. The van der Waals surface area contributed by atoms with Crippen molar-refractivity contribution in [3.63, 3.8) is 0 Å². The molecule has 0 radical (unpaired) electrons. The van der Waals surface area contributed by atoms with Crippen LogP contribution in [0.3, 0.4) is 0 Å². The van der Waals surface area contributed by atoms with Crippen LogP contribution in [0.15, 0.2) is 4.99 Å². The van der Waals surface area contributed by atoms with Gasteiger partial charge in [0, 0.05) is 50.6 Å². The summed E-state index contributed by atoms with van der Waals surface area (Å²) in [5.41, 5.74) is 0. The summed E-state index contributed by atoms with van der Waals surface area (Å²) in [6.45, 7) is 8.75. The second-order valence-corrected chi connectivity index (χ2v) is 7.89. The van der Waals surface area contributed by atoms with Gasteiger partial charge in [-0.2, -0.15) is 11.8 Å². The third-order valence-corrected chi connectivity index (χ3v) is 6.39. The molecule has 2 heterocycles. The molecule has 0 aromatic rings. The molecule has 138 valence electrons. The van der Waals surface area contributed by atoms with Crippen LogP contribution >= 0.6 is 11.8 Å². The Labute approximate surface area is 150 Å². The smallest absolute Gasteiger partial charge is 0.219 e. The van der Waals surface area contributed by atoms with Gasteiger partial charge in [0.25, 0.3) is 0 Å². The molecule has 0 bridgehead atoms. The fourth-order valence-electron chi connectivity index (χ4n) is 3.25. The molecule has 0 aromatic heterocycles. The lowest BCUT2D eigenvalue weighted by molar-refractivity contribution is -0.129. The fourth-order valence-corrected chi connectivity index (χ4v) is 4.01. The molecular weight excluding hydrogens is 324 g/mol. The van der Waals surface area contributed by atoms with Crippen molar-refractivity contribution in [2.45, 2.75) is 50.3 Å². The summed E-state index contributed by atoms with van der Waals surface area (Å²) in [7, 11) is 0. The molecule has 2 aliphatic rings. The van der Waals surface area contributed by atoms with E-state index in [1.165, 1.54) is 0 Å². The molecule has 0 aliphatic carbocycles.